The predicted molar refractivity (Wildman–Crippen MR) is 40.2 cm³/mol. The Kier molecular flexibility index (Phi) is 2.91. The van der Waals surface area contributed by atoms with E-state index in [0.29, 0.717) is 5.84 Å². The quantitative estimate of drug-likeness (QED) is 0.382. The second kappa shape index (κ2) is 3.22. The van der Waals surface area contributed by atoms with Gasteiger partial charge in [-0.25, -0.2) is 4.99 Å². The van der Waals surface area contributed by atoms with E-state index in [4.69, 9.17) is 5.41 Å². The second-order valence-electron chi connectivity index (χ2n) is 2.14. The highest BCUT2D eigenvalue weighted by Gasteiger charge is 1.90. The zero-order valence-electron chi connectivity index (χ0n) is 6.39. The molecule has 0 aliphatic heterocycles. The maximum Gasteiger partial charge on any atom is 0.119 e. The molecule has 3 heteroatoms. The van der Waals surface area contributed by atoms with Crippen LogP contribution >= 0.6 is 0 Å². The van der Waals surface area contributed by atoms with Gasteiger partial charge in [0.2, 0.25) is 0 Å². The number of hydrogen-bond acceptors (Lipinski definition) is 1. The lowest BCUT2D eigenvalue weighted by Crippen LogP contribution is -2.19. The van der Waals surface area contributed by atoms with Crippen LogP contribution < -0.4 is 0 Å². The standard InChI is InChI=1S/C6H13N3/c1-5(7)8-6(2)9(3)4/h7H,1-4H3/b7-5?,8-6+. The van der Waals surface area contributed by atoms with Crippen LogP contribution in [0.1, 0.15) is 13.8 Å². The minimum absolute atomic E-state index is 0.348. The third-order valence-electron chi connectivity index (χ3n) is 0.977. The van der Waals surface area contributed by atoms with Crippen molar-refractivity contribution >= 4 is 11.7 Å². The molecule has 0 spiro atoms. The summed E-state index contributed by atoms with van der Waals surface area (Å²) in [5.74, 6) is 1.21. The number of nitrogens with zero attached hydrogens (tertiary/aromatic N) is 2. The van der Waals surface area contributed by atoms with Crippen molar-refractivity contribution in [2.75, 3.05) is 14.1 Å². The van der Waals surface area contributed by atoms with E-state index in [1.807, 2.05) is 25.9 Å². The van der Waals surface area contributed by atoms with E-state index in [9.17, 15) is 0 Å². The average Bonchev–Trinajstić information content (AvgIpc) is 1.63. The summed E-state index contributed by atoms with van der Waals surface area (Å²) in [6.07, 6.45) is 0. The fraction of sp³-hybridized carbons (Fsp3) is 0.667. The number of amidine groups is 2. The van der Waals surface area contributed by atoms with Crippen LogP contribution in [0.3, 0.4) is 0 Å². The van der Waals surface area contributed by atoms with Gasteiger partial charge in [0.25, 0.3) is 0 Å². The number of nitrogens with one attached hydrogen (secondary N) is 1. The van der Waals surface area contributed by atoms with Gasteiger partial charge in [-0.3, -0.25) is 5.41 Å². The summed E-state index contributed by atoms with van der Waals surface area (Å²) < 4.78 is 0. The number of rotatable bonds is 0. The van der Waals surface area contributed by atoms with Gasteiger partial charge in [0.05, 0.1) is 0 Å². The zero-order valence-corrected chi connectivity index (χ0v) is 6.39. The summed E-state index contributed by atoms with van der Waals surface area (Å²) in [5.41, 5.74) is 0. The van der Waals surface area contributed by atoms with Crippen LogP contribution in [-0.2, 0) is 0 Å². The van der Waals surface area contributed by atoms with Crippen molar-refractivity contribution in [1.82, 2.24) is 4.90 Å². The van der Waals surface area contributed by atoms with Gasteiger partial charge in [-0.15, -0.1) is 0 Å². The van der Waals surface area contributed by atoms with Gasteiger partial charge in [0.15, 0.2) is 0 Å². The molecule has 0 aliphatic rings. The monoisotopic (exact) mass is 127 g/mol. The van der Waals surface area contributed by atoms with Crippen LogP contribution in [-0.4, -0.2) is 30.7 Å². The Morgan fingerprint density at radius 2 is 1.78 bits per heavy atom. The Bertz CT molecular complexity index is 135. The molecule has 0 aromatic rings. The molecule has 0 saturated carbocycles. The normalized spacial score (nSPS) is 11.3. The van der Waals surface area contributed by atoms with E-state index < -0.39 is 0 Å². The van der Waals surface area contributed by atoms with Crippen LogP contribution in [0.25, 0.3) is 0 Å². The lowest BCUT2D eigenvalue weighted by Gasteiger charge is -2.09. The average molecular weight is 127 g/mol. The summed E-state index contributed by atoms with van der Waals surface area (Å²) in [4.78, 5) is 5.78. The molecular weight excluding hydrogens is 114 g/mol. The Hall–Kier alpha value is -0.860. The number of aliphatic imine (C=N–C) groups is 1. The van der Waals surface area contributed by atoms with Crippen LogP contribution in [0.15, 0.2) is 4.99 Å². The molecule has 9 heavy (non-hydrogen) atoms. The lowest BCUT2D eigenvalue weighted by molar-refractivity contribution is 0.619. The summed E-state index contributed by atoms with van der Waals surface area (Å²) in [6, 6.07) is 0. The molecule has 52 valence electrons. The van der Waals surface area contributed by atoms with E-state index in [1.165, 1.54) is 0 Å². The third kappa shape index (κ3) is 3.70. The van der Waals surface area contributed by atoms with Crippen molar-refractivity contribution in [3.8, 4) is 0 Å². The molecule has 0 amide bonds. The molecule has 0 heterocycles. The zero-order chi connectivity index (χ0) is 7.44. The van der Waals surface area contributed by atoms with Crippen LogP contribution in [0, 0.1) is 5.41 Å². The fourth-order valence-corrected chi connectivity index (χ4v) is 0.343. The maximum atomic E-state index is 7.00. The molecule has 0 aromatic carbocycles. The SMILES string of the molecule is CC(=N)/N=C(\C)N(C)C. The second-order valence-corrected chi connectivity index (χ2v) is 2.14. The minimum Gasteiger partial charge on any atom is -0.366 e. The van der Waals surface area contributed by atoms with Gasteiger partial charge < -0.3 is 4.90 Å². The Labute approximate surface area is 55.9 Å². The molecule has 0 atom stereocenters. The van der Waals surface area contributed by atoms with E-state index in [0.717, 1.165) is 5.84 Å². The lowest BCUT2D eigenvalue weighted by atomic mass is 10.6. The summed E-state index contributed by atoms with van der Waals surface area (Å²) >= 11 is 0. The molecule has 1 N–H and O–H groups in total. The molecule has 0 bridgehead atoms. The first-order valence-electron chi connectivity index (χ1n) is 2.82. The third-order valence-corrected chi connectivity index (χ3v) is 0.977. The predicted octanol–water partition coefficient (Wildman–Crippen LogP) is 0.964. The Balaban J connectivity index is 4.00. The van der Waals surface area contributed by atoms with Crippen LogP contribution in [0.4, 0.5) is 0 Å². The highest BCUT2D eigenvalue weighted by Crippen LogP contribution is 1.82. The van der Waals surface area contributed by atoms with E-state index in [1.54, 1.807) is 6.92 Å². The van der Waals surface area contributed by atoms with Crippen molar-refractivity contribution in [3.05, 3.63) is 0 Å². The molecule has 0 unspecified atom stereocenters. The van der Waals surface area contributed by atoms with E-state index in [2.05, 4.69) is 4.99 Å². The summed E-state index contributed by atoms with van der Waals surface area (Å²) in [6.45, 7) is 3.53. The smallest absolute Gasteiger partial charge is 0.119 e. The molecule has 0 fully saturated rings. The van der Waals surface area contributed by atoms with Crippen molar-refractivity contribution in [1.29, 1.82) is 5.41 Å². The van der Waals surface area contributed by atoms with Gasteiger partial charge in [-0.2, -0.15) is 0 Å². The maximum absolute atomic E-state index is 7.00. The van der Waals surface area contributed by atoms with Crippen molar-refractivity contribution < 1.29 is 0 Å². The molecule has 3 nitrogen and oxygen atoms in total. The van der Waals surface area contributed by atoms with Crippen molar-refractivity contribution in [2.45, 2.75) is 13.8 Å². The highest BCUT2D eigenvalue weighted by molar-refractivity contribution is 5.92. The Morgan fingerprint density at radius 1 is 1.33 bits per heavy atom. The van der Waals surface area contributed by atoms with Gasteiger partial charge in [0, 0.05) is 14.1 Å². The van der Waals surface area contributed by atoms with Crippen molar-refractivity contribution in [2.24, 2.45) is 4.99 Å². The van der Waals surface area contributed by atoms with Gasteiger partial charge in [0.1, 0.15) is 11.7 Å². The minimum atomic E-state index is 0.348. The van der Waals surface area contributed by atoms with E-state index >= 15 is 0 Å². The molecule has 0 radical (unpaired) electrons. The largest absolute Gasteiger partial charge is 0.366 e. The van der Waals surface area contributed by atoms with Crippen molar-refractivity contribution in [3.63, 3.8) is 0 Å². The van der Waals surface area contributed by atoms with Crippen LogP contribution in [0.2, 0.25) is 0 Å². The summed E-state index contributed by atoms with van der Waals surface area (Å²) in [5, 5.41) is 7.00. The Morgan fingerprint density at radius 3 is 1.89 bits per heavy atom. The fourth-order valence-electron chi connectivity index (χ4n) is 0.343. The first kappa shape index (κ1) is 8.14. The molecule has 0 rings (SSSR count). The summed E-state index contributed by atoms with van der Waals surface area (Å²) in [7, 11) is 3.81. The van der Waals surface area contributed by atoms with Gasteiger partial charge in [-0.1, -0.05) is 0 Å². The molecule has 0 aliphatic carbocycles. The van der Waals surface area contributed by atoms with Crippen LogP contribution in [0.5, 0.6) is 0 Å². The first-order valence-corrected chi connectivity index (χ1v) is 2.82. The molecular formula is C6H13N3. The molecule has 0 aromatic heterocycles. The molecule has 0 saturated heterocycles. The van der Waals surface area contributed by atoms with E-state index in [-0.39, 0.29) is 0 Å². The topological polar surface area (TPSA) is 39.5 Å². The van der Waals surface area contributed by atoms with Gasteiger partial charge in [-0.05, 0) is 13.8 Å². The number of hydrogen-bond donors (Lipinski definition) is 1. The first-order chi connectivity index (χ1) is 4.04. The highest BCUT2D eigenvalue weighted by atomic mass is 15.1. The van der Waals surface area contributed by atoms with Gasteiger partial charge >= 0.3 is 0 Å².